The molecule has 180 valence electrons. The first kappa shape index (κ1) is 23.5. The van der Waals surface area contributed by atoms with Gasteiger partial charge in [0.15, 0.2) is 0 Å². The number of carbonyl (C=O) groups is 1. The largest absolute Gasteiger partial charge is 0.444 e. The average Bonchev–Trinajstić information content (AvgIpc) is 3.41. The highest BCUT2D eigenvalue weighted by Crippen LogP contribution is 2.26. The lowest BCUT2D eigenvalue weighted by Gasteiger charge is -2.29. The molecule has 1 aliphatic carbocycles. The first-order valence-electron chi connectivity index (χ1n) is 10.7. The van der Waals surface area contributed by atoms with Gasteiger partial charge in [-0.15, -0.1) is 0 Å². The first-order chi connectivity index (χ1) is 15.7. The quantitative estimate of drug-likeness (QED) is 0.526. The lowest BCUT2D eigenvalue weighted by atomic mass is 9.92. The van der Waals surface area contributed by atoms with Gasteiger partial charge in [-0.25, -0.2) is 23.0 Å². The van der Waals surface area contributed by atoms with Gasteiger partial charge in [0.2, 0.25) is 10.0 Å². The van der Waals surface area contributed by atoms with Gasteiger partial charge in [0, 0.05) is 38.3 Å². The van der Waals surface area contributed by atoms with E-state index in [1.165, 1.54) is 23.3 Å². The molecule has 1 saturated heterocycles. The zero-order valence-electron chi connectivity index (χ0n) is 18.0. The van der Waals surface area contributed by atoms with Crippen molar-refractivity contribution < 1.29 is 17.9 Å². The number of aromatic amines is 1. The summed E-state index contributed by atoms with van der Waals surface area (Å²) < 4.78 is 34.6. The number of sulfonamides is 1. The van der Waals surface area contributed by atoms with Crippen molar-refractivity contribution in [3.05, 3.63) is 34.0 Å². The highest BCUT2D eigenvalue weighted by Gasteiger charge is 2.30. The molecule has 3 heterocycles. The van der Waals surface area contributed by atoms with E-state index >= 15 is 0 Å². The molecule has 0 spiro atoms. The number of H-pyrrole nitrogens is 1. The number of halogens is 1. The van der Waals surface area contributed by atoms with Crippen molar-refractivity contribution in [2.24, 2.45) is 7.05 Å². The van der Waals surface area contributed by atoms with Gasteiger partial charge in [-0.3, -0.25) is 9.48 Å². The van der Waals surface area contributed by atoms with E-state index in [-0.39, 0.29) is 28.1 Å². The summed E-state index contributed by atoms with van der Waals surface area (Å²) >= 11 is 6.05. The second-order valence-corrected chi connectivity index (χ2v) is 10.4. The molecule has 2 aromatic rings. The molecule has 3 N–H and O–H groups in total. The number of ether oxygens (including phenoxy) is 1. The van der Waals surface area contributed by atoms with Gasteiger partial charge < -0.3 is 15.0 Å². The molecule has 1 atom stereocenters. The van der Waals surface area contributed by atoms with Crippen molar-refractivity contribution >= 4 is 33.4 Å². The molecule has 1 aliphatic heterocycles. The van der Waals surface area contributed by atoms with Gasteiger partial charge in [-0.05, 0) is 25.7 Å². The molecule has 0 aromatic carbocycles. The van der Waals surface area contributed by atoms with Gasteiger partial charge >= 0.3 is 6.09 Å². The Hall–Kier alpha value is -2.64. The number of amides is 1. The summed E-state index contributed by atoms with van der Waals surface area (Å²) in [5.74, 6) is 0. The summed E-state index contributed by atoms with van der Waals surface area (Å²) in [7, 11) is -1.95. The van der Waals surface area contributed by atoms with Crippen LogP contribution in [0.1, 0.15) is 32.1 Å². The van der Waals surface area contributed by atoms with Crippen LogP contribution in [-0.4, -0.2) is 65.8 Å². The summed E-state index contributed by atoms with van der Waals surface area (Å²) in [6, 6.07) is -0.277. The number of nitrogens with one attached hydrogen (secondary N) is 3. The predicted octanol–water partition coefficient (Wildman–Crippen LogP) is 0.751. The van der Waals surface area contributed by atoms with Crippen LogP contribution in [-0.2, 0) is 21.8 Å². The monoisotopic (exact) mass is 499 g/mol. The first-order valence-corrected chi connectivity index (χ1v) is 12.5. The molecule has 2 aromatic heterocycles. The molecule has 33 heavy (non-hydrogen) atoms. The van der Waals surface area contributed by atoms with Crippen LogP contribution >= 0.6 is 11.6 Å². The van der Waals surface area contributed by atoms with E-state index in [0.717, 1.165) is 0 Å². The SMILES string of the molecule is Cn1cc(S(=O)(=O)NC2CCC(NC(=O)O[C@@H]3CCN(c4cn[nH]c(=O)c4Cl)C3)CC2)cn1. The summed E-state index contributed by atoms with van der Waals surface area (Å²) in [5, 5.41) is 12.9. The predicted molar refractivity (Wildman–Crippen MR) is 120 cm³/mol. The number of alkyl carbamates (subject to hydrolysis) is 1. The molecule has 0 bridgehead atoms. The zero-order chi connectivity index (χ0) is 23.6. The molecule has 2 fully saturated rings. The minimum absolute atomic E-state index is 0.0611. The van der Waals surface area contributed by atoms with Crippen molar-refractivity contribution in [1.82, 2.24) is 30.0 Å². The molecule has 1 amide bonds. The topological polar surface area (TPSA) is 151 Å². The summed E-state index contributed by atoms with van der Waals surface area (Å²) in [4.78, 5) is 26.0. The van der Waals surface area contributed by atoms with E-state index in [4.69, 9.17) is 16.3 Å². The van der Waals surface area contributed by atoms with Crippen LogP contribution in [0.3, 0.4) is 0 Å². The van der Waals surface area contributed by atoms with Crippen LogP contribution in [0.25, 0.3) is 0 Å². The molecule has 2 aliphatic rings. The van der Waals surface area contributed by atoms with E-state index in [9.17, 15) is 18.0 Å². The Bertz CT molecular complexity index is 1160. The number of aryl methyl sites for hydroxylation is 1. The van der Waals surface area contributed by atoms with Gasteiger partial charge in [-0.1, -0.05) is 11.6 Å². The minimum Gasteiger partial charge on any atom is -0.444 e. The Morgan fingerprint density at radius 3 is 2.64 bits per heavy atom. The van der Waals surface area contributed by atoms with Crippen molar-refractivity contribution in [2.75, 3.05) is 18.0 Å². The average molecular weight is 500 g/mol. The fourth-order valence-electron chi connectivity index (χ4n) is 4.17. The normalized spacial score (nSPS) is 23.5. The fraction of sp³-hybridized carbons (Fsp3) is 0.579. The third kappa shape index (κ3) is 5.65. The molecule has 0 unspecified atom stereocenters. The van der Waals surface area contributed by atoms with Crippen LogP contribution in [0.4, 0.5) is 10.5 Å². The number of aromatic nitrogens is 4. The van der Waals surface area contributed by atoms with Gasteiger partial charge in [0.05, 0.1) is 24.6 Å². The Morgan fingerprint density at radius 1 is 1.21 bits per heavy atom. The molecule has 1 saturated carbocycles. The van der Waals surface area contributed by atoms with Gasteiger partial charge in [0.25, 0.3) is 5.56 Å². The summed E-state index contributed by atoms with van der Waals surface area (Å²) in [6.45, 7) is 1.01. The lowest BCUT2D eigenvalue weighted by molar-refractivity contribution is 0.102. The van der Waals surface area contributed by atoms with E-state index in [1.54, 1.807) is 7.05 Å². The van der Waals surface area contributed by atoms with E-state index in [2.05, 4.69) is 25.3 Å². The van der Waals surface area contributed by atoms with Crippen molar-refractivity contribution in [3.63, 3.8) is 0 Å². The summed E-state index contributed by atoms with van der Waals surface area (Å²) in [6.07, 6.45) is 6.52. The highest BCUT2D eigenvalue weighted by molar-refractivity contribution is 7.89. The van der Waals surface area contributed by atoms with E-state index in [0.29, 0.717) is 50.9 Å². The third-order valence-electron chi connectivity index (χ3n) is 5.90. The Morgan fingerprint density at radius 2 is 1.94 bits per heavy atom. The van der Waals surface area contributed by atoms with Crippen LogP contribution in [0.2, 0.25) is 5.02 Å². The number of carbonyl (C=O) groups excluding carboxylic acids is 1. The number of anilines is 1. The van der Waals surface area contributed by atoms with Crippen LogP contribution < -0.4 is 20.5 Å². The molecular formula is C19H26ClN7O5S. The molecule has 14 heteroatoms. The number of hydrogen-bond acceptors (Lipinski definition) is 8. The summed E-state index contributed by atoms with van der Waals surface area (Å²) in [5.41, 5.74) is 0.0496. The lowest BCUT2D eigenvalue weighted by Crippen LogP contribution is -2.44. The second-order valence-electron chi connectivity index (χ2n) is 8.32. The minimum atomic E-state index is -3.61. The standard InChI is InChI=1S/C19H26ClN7O5S/c1-26-11-15(8-22-26)33(30,31)25-13-4-2-12(3-5-13)23-19(29)32-14-6-7-27(10-14)16-9-21-24-18(28)17(16)20/h8-9,11-14,25H,2-7,10H2,1H3,(H,23,29)(H,24,28)/t12?,13?,14-/m1/s1. The Labute approximate surface area is 195 Å². The van der Waals surface area contributed by atoms with Crippen molar-refractivity contribution in [3.8, 4) is 0 Å². The van der Waals surface area contributed by atoms with Crippen molar-refractivity contribution in [2.45, 2.75) is 55.2 Å². The number of nitrogens with zero attached hydrogens (tertiary/aromatic N) is 4. The maximum atomic E-state index is 12.4. The maximum Gasteiger partial charge on any atom is 0.407 e. The molecular weight excluding hydrogens is 474 g/mol. The zero-order valence-corrected chi connectivity index (χ0v) is 19.6. The smallest absolute Gasteiger partial charge is 0.407 e. The van der Waals surface area contributed by atoms with Crippen LogP contribution in [0.5, 0.6) is 0 Å². The molecule has 12 nitrogen and oxygen atoms in total. The van der Waals surface area contributed by atoms with Gasteiger partial charge in [-0.2, -0.15) is 10.2 Å². The van der Waals surface area contributed by atoms with Crippen molar-refractivity contribution in [1.29, 1.82) is 0 Å². The Kier molecular flexibility index (Phi) is 6.91. The van der Waals surface area contributed by atoms with Crippen LogP contribution in [0, 0.1) is 0 Å². The highest BCUT2D eigenvalue weighted by atomic mass is 35.5. The second kappa shape index (κ2) is 9.69. The Balaban J connectivity index is 1.21. The molecule has 4 rings (SSSR count). The van der Waals surface area contributed by atoms with E-state index < -0.39 is 21.7 Å². The van der Waals surface area contributed by atoms with E-state index in [1.807, 2.05) is 4.90 Å². The van der Waals surface area contributed by atoms with Crippen LogP contribution in [0.15, 0.2) is 28.3 Å². The fourth-order valence-corrected chi connectivity index (χ4v) is 5.67. The maximum absolute atomic E-state index is 12.4. The van der Waals surface area contributed by atoms with Gasteiger partial charge in [0.1, 0.15) is 16.0 Å². The third-order valence-corrected chi connectivity index (χ3v) is 7.74. The number of rotatable bonds is 6. The molecule has 0 radical (unpaired) electrons. The number of hydrogen-bond donors (Lipinski definition) is 3.